The van der Waals surface area contributed by atoms with Crippen molar-refractivity contribution in [1.82, 2.24) is 19.4 Å². The Morgan fingerprint density at radius 1 is 1.19 bits per heavy atom. The van der Waals surface area contributed by atoms with Crippen LogP contribution in [0, 0.1) is 0 Å². The van der Waals surface area contributed by atoms with Crippen molar-refractivity contribution in [2.75, 3.05) is 26.2 Å². The maximum absolute atomic E-state index is 12.6. The first-order chi connectivity index (χ1) is 12.5. The number of aromatic nitrogens is 2. The van der Waals surface area contributed by atoms with Crippen molar-refractivity contribution in [2.45, 2.75) is 32.6 Å². The second-order valence-electron chi connectivity index (χ2n) is 6.54. The molecule has 0 saturated carbocycles. The molecule has 0 bridgehead atoms. The number of carbonyl (C=O) groups excluding carboxylic acids is 2. The monoisotopic (exact) mass is 360 g/mol. The van der Waals surface area contributed by atoms with Gasteiger partial charge in [0.15, 0.2) is 0 Å². The van der Waals surface area contributed by atoms with Crippen molar-refractivity contribution in [2.24, 2.45) is 0 Å². The van der Waals surface area contributed by atoms with E-state index in [2.05, 4.69) is 4.98 Å². The molecule has 2 N–H and O–H groups in total. The Morgan fingerprint density at radius 2 is 1.88 bits per heavy atom. The summed E-state index contributed by atoms with van der Waals surface area (Å²) in [6.45, 7) is 2.98. The summed E-state index contributed by atoms with van der Waals surface area (Å²) in [5.41, 5.74) is 1.66. The molecule has 1 aliphatic rings. The Hall–Kier alpha value is -2.45. The number of hydrogen-bond acceptors (Lipinski definition) is 5. The number of fused-ring (bicyclic) bond motifs is 1. The van der Waals surface area contributed by atoms with Crippen LogP contribution in [0.2, 0.25) is 0 Å². The fourth-order valence-corrected chi connectivity index (χ4v) is 3.36. The maximum atomic E-state index is 12.6. The van der Waals surface area contributed by atoms with E-state index in [0.717, 1.165) is 11.0 Å². The molecular weight excluding hydrogens is 336 g/mol. The molecule has 1 aromatic carbocycles. The molecule has 1 atom stereocenters. The average Bonchev–Trinajstić information content (AvgIpc) is 2.86. The van der Waals surface area contributed by atoms with Gasteiger partial charge >= 0.3 is 0 Å². The minimum absolute atomic E-state index is 0.0869. The second-order valence-corrected chi connectivity index (χ2v) is 6.54. The predicted molar refractivity (Wildman–Crippen MR) is 95.1 cm³/mol. The number of imidazole rings is 1. The highest BCUT2D eigenvalue weighted by atomic mass is 16.3. The molecule has 2 heterocycles. The molecule has 2 amide bonds. The van der Waals surface area contributed by atoms with Crippen LogP contribution in [-0.4, -0.2) is 73.7 Å². The van der Waals surface area contributed by atoms with E-state index in [1.807, 2.05) is 28.8 Å². The number of nitrogens with zero attached hydrogens (tertiary/aromatic N) is 4. The summed E-state index contributed by atoms with van der Waals surface area (Å²) in [6, 6.07) is 7.55. The third kappa shape index (κ3) is 3.86. The first-order valence-corrected chi connectivity index (χ1v) is 8.76. The van der Waals surface area contributed by atoms with E-state index in [9.17, 15) is 19.8 Å². The molecule has 0 unspecified atom stereocenters. The third-order valence-electron chi connectivity index (χ3n) is 4.72. The molecule has 8 nitrogen and oxygen atoms in total. The van der Waals surface area contributed by atoms with Crippen LogP contribution in [0.25, 0.3) is 11.0 Å². The number of aryl methyl sites for hydroxylation is 1. The lowest BCUT2D eigenvalue weighted by molar-refractivity contribution is -0.133. The molecule has 1 aromatic heterocycles. The van der Waals surface area contributed by atoms with Gasteiger partial charge in [0.2, 0.25) is 11.8 Å². The quantitative estimate of drug-likeness (QED) is 0.798. The van der Waals surface area contributed by atoms with E-state index < -0.39 is 6.10 Å². The van der Waals surface area contributed by atoms with Crippen molar-refractivity contribution >= 4 is 22.8 Å². The van der Waals surface area contributed by atoms with Crippen LogP contribution in [0.5, 0.6) is 0 Å². The summed E-state index contributed by atoms with van der Waals surface area (Å²) in [5.74, 6) is 0.338. The summed E-state index contributed by atoms with van der Waals surface area (Å²) in [7, 11) is 0. The number of rotatable bonds is 4. The Morgan fingerprint density at radius 3 is 2.62 bits per heavy atom. The SMILES string of the molecule is CC(=O)N1CCN(C(=O)CCn2c(CO)nc3ccccc32)C[C@H](O)C1. The van der Waals surface area contributed by atoms with E-state index in [-0.39, 0.29) is 37.9 Å². The lowest BCUT2D eigenvalue weighted by atomic mass is 10.2. The lowest BCUT2D eigenvalue weighted by Crippen LogP contribution is -2.38. The van der Waals surface area contributed by atoms with Gasteiger partial charge in [-0.15, -0.1) is 0 Å². The zero-order valence-electron chi connectivity index (χ0n) is 14.8. The summed E-state index contributed by atoms with van der Waals surface area (Å²) >= 11 is 0. The summed E-state index contributed by atoms with van der Waals surface area (Å²) in [5, 5.41) is 19.6. The van der Waals surface area contributed by atoms with Gasteiger partial charge in [0.05, 0.1) is 17.1 Å². The molecular formula is C18H24N4O4. The molecule has 0 radical (unpaired) electrons. The number of carbonyl (C=O) groups is 2. The van der Waals surface area contributed by atoms with Crippen LogP contribution in [0.15, 0.2) is 24.3 Å². The number of hydrogen-bond donors (Lipinski definition) is 2. The summed E-state index contributed by atoms with van der Waals surface area (Å²) in [6.07, 6.45) is -0.507. The van der Waals surface area contributed by atoms with Crippen molar-refractivity contribution in [3.63, 3.8) is 0 Å². The Labute approximate surface area is 151 Å². The maximum Gasteiger partial charge on any atom is 0.224 e. The van der Waals surface area contributed by atoms with Gasteiger partial charge in [-0.2, -0.15) is 0 Å². The highest BCUT2D eigenvalue weighted by molar-refractivity contribution is 5.78. The van der Waals surface area contributed by atoms with Gasteiger partial charge in [0, 0.05) is 46.1 Å². The topological polar surface area (TPSA) is 98.9 Å². The minimum atomic E-state index is -0.743. The zero-order valence-corrected chi connectivity index (χ0v) is 14.8. The van der Waals surface area contributed by atoms with Gasteiger partial charge in [-0.05, 0) is 12.1 Å². The lowest BCUT2D eigenvalue weighted by Gasteiger charge is -2.22. The van der Waals surface area contributed by atoms with Gasteiger partial charge in [0.1, 0.15) is 12.4 Å². The van der Waals surface area contributed by atoms with Crippen molar-refractivity contribution in [1.29, 1.82) is 0 Å². The molecule has 140 valence electrons. The first-order valence-electron chi connectivity index (χ1n) is 8.76. The van der Waals surface area contributed by atoms with Crippen LogP contribution < -0.4 is 0 Å². The number of aliphatic hydroxyl groups excluding tert-OH is 2. The van der Waals surface area contributed by atoms with Crippen molar-refractivity contribution in [3.05, 3.63) is 30.1 Å². The number of amides is 2. The number of aliphatic hydroxyl groups is 2. The fraction of sp³-hybridized carbons (Fsp3) is 0.500. The van der Waals surface area contributed by atoms with Gasteiger partial charge in [-0.3, -0.25) is 9.59 Å². The van der Waals surface area contributed by atoms with Crippen molar-refractivity contribution < 1.29 is 19.8 Å². The average molecular weight is 360 g/mol. The fourth-order valence-electron chi connectivity index (χ4n) is 3.36. The molecule has 0 aliphatic carbocycles. The van der Waals surface area contributed by atoms with Crippen LogP contribution >= 0.6 is 0 Å². The molecule has 1 aliphatic heterocycles. The second kappa shape index (κ2) is 7.84. The van der Waals surface area contributed by atoms with Gasteiger partial charge in [-0.1, -0.05) is 12.1 Å². The van der Waals surface area contributed by atoms with Crippen molar-refractivity contribution in [3.8, 4) is 0 Å². The van der Waals surface area contributed by atoms with Crippen LogP contribution in [0.4, 0.5) is 0 Å². The van der Waals surface area contributed by atoms with Crippen LogP contribution in [0.1, 0.15) is 19.2 Å². The smallest absolute Gasteiger partial charge is 0.224 e. The van der Waals surface area contributed by atoms with E-state index in [1.165, 1.54) is 6.92 Å². The Kier molecular flexibility index (Phi) is 5.53. The highest BCUT2D eigenvalue weighted by Gasteiger charge is 2.25. The zero-order chi connectivity index (χ0) is 18.7. The molecule has 0 spiro atoms. The normalized spacial score (nSPS) is 18.2. The standard InChI is InChI=1S/C18H24N4O4/c1-13(24)20-8-9-21(11-14(25)10-20)18(26)6-7-22-16-5-3-2-4-15(16)19-17(22)12-23/h2-5,14,23,25H,6-12H2,1H3/t14-/m1/s1. The molecule has 8 heteroatoms. The summed E-state index contributed by atoms with van der Waals surface area (Å²) < 4.78 is 1.85. The van der Waals surface area contributed by atoms with E-state index in [4.69, 9.17) is 0 Å². The third-order valence-corrected chi connectivity index (χ3v) is 4.72. The number of para-hydroxylation sites is 2. The summed E-state index contributed by atoms with van der Waals surface area (Å²) in [4.78, 5) is 31.7. The predicted octanol–water partition coefficient (Wildman–Crippen LogP) is -0.0297. The van der Waals surface area contributed by atoms with Crippen LogP contribution in [0.3, 0.4) is 0 Å². The molecule has 3 rings (SSSR count). The van der Waals surface area contributed by atoms with Gasteiger partial charge < -0.3 is 24.6 Å². The minimum Gasteiger partial charge on any atom is -0.389 e. The van der Waals surface area contributed by atoms with E-state index in [0.29, 0.717) is 25.5 Å². The van der Waals surface area contributed by atoms with Crippen LogP contribution in [-0.2, 0) is 22.7 Å². The number of β-amino-alcohol motifs (C(OH)–C–C–N with tert-alkyl or cyclic N) is 1. The largest absolute Gasteiger partial charge is 0.389 e. The molecule has 1 fully saturated rings. The Bertz CT molecular complexity index is 804. The molecule has 26 heavy (non-hydrogen) atoms. The first kappa shape index (κ1) is 18.3. The van der Waals surface area contributed by atoms with Gasteiger partial charge in [0.25, 0.3) is 0 Å². The van der Waals surface area contributed by atoms with E-state index >= 15 is 0 Å². The van der Waals surface area contributed by atoms with Gasteiger partial charge in [-0.25, -0.2) is 4.98 Å². The molecule has 2 aromatic rings. The van der Waals surface area contributed by atoms with E-state index in [1.54, 1.807) is 9.80 Å². The highest BCUT2D eigenvalue weighted by Crippen LogP contribution is 2.17. The number of benzene rings is 1. The Balaban J connectivity index is 1.68. The molecule has 1 saturated heterocycles.